The van der Waals surface area contributed by atoms with Crippen LogP contribution < -0.4 is 5.32 Å². The van der Waals surface area contributed by atoms with Crippen molar-refractivity contribution < 1.29 is 4.79 Å². The Morgan fingerprint density at radius 2 is 2.13 bits per heavy atom. The van der Waals surface area contributed by atoms with Crippen LogP contribution in [0, 0.1) is 0 Å². The number of rotatable bonds is 7. The van der Waals surface area contributed by atoms with Gasteiger partial charge in [-0.25, -0.2) is 0 Å². The first-order valence-electron chi connectivity index (χ1n) is 7.72. The smallest absolute Gasteiger partial charge is 0.206 e. The molecule has 0 aliphatic heterocycles. The normalized spacial score (nSPS) is 13.4. The number of hydrogen-bond donors (Lipinski definition) is 1. The predicted octanol–water partition coefficient (Wildman–Crippen LogP) is 3.99. The number of hydrogen-bond acceptors (Lipinski definition) is 6. The van der Waals surface area contributed by atoms with Gasteiger partial charge in [-0.05, 0) is 42.9 Å². The van der Waals surface area contributed by atoms with Crippen molar-refractivity contribution in [3.8, 4) is 0 Å². The summed E-state index contributed by atoms with van der Waals surface area (Å²) in [6, 6.07) is 6.16. The molecule has 0 unspecified atom stereocenters. The van der Waals surface area contributed by atoms with E-state index in [9.17, 15) is 4.79 Å². The molecule has 0 fully saturated rings. The average molecular weight is 345 g/mol. The van der Waals surface area contributed by atoms with Gasteiger partial charge in [-0.15, -0.1) is 16.8 Å². The van der Waals surface area contributed by atoms with E-state index in [0.29, 0.717) is 12.3 Å². The monoisotopic (exact) mass is 345 g/mol. The molecule has 3 rings (SSSR count). The molecular weight excluding hydrogens is 326 g/mol. The fourth-order valence-corrected chi connectivity index (χ4v) is 4.27. The van der Waals surface area contributed by atoms with Gasteiger partial charge in [0.25, 0.3) is 0 Å². The summed E-state index contributed by atoms with van der Waals surface area (Å²) in [5.41, 5.74) is 3.56. The molecule has 23 heavy (non-hydrogen) atoms. The van der Waals surface area contributed by atoms with Crippen LogP contribution in [-0.2, 0) is 12.8 Å². The topological polar surface area (TPSA) is 54.9 Å². The maximum atomic E-state index is 12.4. The predicted molar refractivity (Wildman–Crippen MR) is 96.7 cm³/mol. The first-order chi connectivity index (χ1) is 11.3. The van der Waals surface area contributed by atoms with Crippen LogP contribution in [0.1, 0.15) is 34.3 Å². The quantitative estimate of drug-likeness (QED) is 0.467. The molecule has 2 aromatic rings. The second-order valence-corrected chi connectivity index (χ2v) is 7.65. The van der Waals surface area contributed by atoms with E-state index < -0.39 is 0 Å². The minimum absolute atomic E-state index is 0.152. The van der Waals surface area contributed by atoms with E-state index in [1.165, 1.54) is 47.1 Å². The number of carbonyl (C=O) groups is 1. The number of Topliss-reactive ketones (excluding diaryl/α,β-unsaturated/α-hetero) is 1. The number of anilines is 1. The van der Waals surface area contributed by atoms with Gasteiger partial charge in [0.15, 0.2) is 10.1 Å². The Morgan fingerprint density at radius 3 is 2.96 bits per heavy atom. The van der Waals surface area contributed by atoms with E-state index in [0.717, 1.165) is 27.9 Å². The largest absolute Gasteiger partial charge is 0.357 e. The van der Waals surface area contributed by atoms with E-state index in [-0.39, 0.29) is 5.78 Å². The van der Waals surface area contributed by atoms with Crippen molar-refractivity contribution in [3.05, 3.63) is 47.5 Å². The lowest BCUT2D eigenvalue weighted by atomic mass is 9.90. The number of nitrogens with one attached hydrogen (secondary N) is 1. The number of aromatic nitrogens is 2. The molecule has 120 valence electrons. The van der Waals surface area contributed by atoms with Crippen molar-refractivity contribution >= 4 is 34.0 Å². The van der Waals surface area contributed by atoms with Crippen molar-refractivity contribution in [2.75, 3.05) is 17.6 Å². The molecule has 1 heterocycles. The second kappa shape index (κ2) is 7.75. The summed E-state index contributed by atoms with van der Waals surface area (Å²) >= 11 is 2.91. The Morgan fingerprint density at radius 1 is 1.30 bits per heavy atom. The van der Waals surface area contributed by atoms with E-state index in [1.54, 1.807) is 6.08 Å². The maximum absolute atomic E-state index is 12.4. The van der Waals surface area contributed by atoms with Crippen LogP contribution in [0.2, 0.25) is 0 Å². The van der Waals surface area contributed by atoms with Crippen molar-refractivity contribution in [1.29, 1.82) is 0 Å². The van der Waals surface area contributed by atoms with Crippen molar-refractivity contribution in [2.24, 2.45) is 0 Å². The minimum Gasteiger partial charge on any atom is -0.357 e. The Kier molecular flexibility index (Phi) is 5.46. The molecule has 0 saturated heterocycles. The van der Waals surface area contributed by atoms with Crippen LogP contribution in [0.15, 0.2) is 35.2 Å². The van der Waals surface area contributed by atoms with Gasteiger partial charge in [-0.2, -0.15) is 0 Å². The van der Waals surface area contributed by atoms with Crippen LogP contribution in [0.25, 0.3) is 0 Å². The number of nitrogens with zero attached hydrogens (tertiary/aromatic N) is 2. The van der Waals surface area contributed by atoms with Gasteiger partial charge < -0.3 is 5.32 Å². The van der Waals surface area contributed by atoms with Crippen molar-refractivity contribution in [2.45, 2.75) is 30.0 Å². The fraction of sp³-hybridized carbons (Fsp3) is 0.353. The summed E-state index contributed by atoms with van der Waals surface area (Å²) in [7, 11) is 0. The highest BCUT2D eigenvalue weighted by Crippen LogP contribution is 2.27. The Bertz CT molecular complexity index is 712. The molecule has 6 heteroatoms. The molecule has 0 spiro atoms. The van der Waals surface area contributed by atoms with E-state index in [1.807, 2.05) is 6.07 Å². The van der Waals surface area contributed by atoms with Gasteiger partial charge in [0.2, 0.25) is 5.13 Å². The third kappa shape index (κ3) is 4.20. The number of carbonyl (C=O) groups excluding carboxylic acids is 1. The van der Waals surface area contributed by atoms with Gasteiger partial charge in [0.05, 0.1) is 5.75 Å². The average Bonchev–Trinajstić information content (AvgIpc) is 3.05. The number of fused-ring (bicyclic) bond motifs is 1. The van der Waals surface area contributed by atoms with Crippen LogP contribution >= 0.6 is 23.1 Å². The van der Waals surface area contributed by atoms with Crippen LogP contribution in [0.3, 0.4) is 0 Å². The van der Waals surface area contributed by atoms with Gasteiger partial charge >= 0.3 is 0 Å². The lowest BCUT2D eigenvalue weighted by Gasteiger charge is -2.16. The van der Waals surface area contributed by atoms with Crippen LogP contribution in [0.4, 0.5) is 5.13 Å². The third-order valence-electron chi connectivity index (χ3n) is 3.80. The van der Waals surface area contributed by atoms with Crippen LogP contribution in [-0.4, -0.2) is 28.3 Å². The Balaban J connectivity index is 1.58. The van der Waals surface area contributed by atoms with Crippen molar-refractivity contribution in [3.63, 3.8) is 0 Å². The molecule has 1 aromatic carbocycles. The highest BCUT2D eigenvalue weighted by Gasteiger charge is 2.14. The molecule has 1 N–H and O–H groups in total. The fourth-order valence-electron chi connectivity index (χ4n) is 2.62. The summed E-state index contributed by atoms with van der Waals surface area (Å²) in [4.78, 5) is 12.4. The second-order valence-electron chi connectivity index (χ2n) is 5.45. The summed E-state index contributed by atoms with van der Waals surface area (Å²) in [6.07, 6.45) is 6.50. The number of ketones is 1. The van der Waals surface area contributed by atoms with E-state index >= 15 is 0 Å². The SMILES string of the molecule is C=CCNc1nnc(SCC(=O)c2ccc3c(c2)CCCC3)s1. The summed E-state index contributed by atoms with van der Waals surface area (Å²) in [5.74, 6) is 0.550. The molecule has 0 radical (unpaired) electrons. The molecule has 4 nitrogen and oxygen atoms in total. The maximum Gasteiger partial charge on any atom is 0.206 e. The molecule has 1 aliphatic carbocycles. The van der Waals surface area contributed by atoms with E-state index in [4.69, 9.17) is 0 Å². The molecule has 0 saturated carbocycles. The zero-order valence-corrected chi connectivity index (χ0v) is 14.5. The summed E-state index contributed by atoms with van der Waals surface area (Å²) in [5, 5.41) is 12.0. The van der Waals surface area contributed by atoms with Gasteiger partial charge in [0.1, 0.15) is 0 Å². The number of aryl methyl sites for hydroxylation is 2. The molecule has 0 amide bonds. The molecule has 1 aromatic heterocycles. The Labute approximate surface area is 144 Å². The summed E-state index contributed by atoms with van der Waals surface area (Å²) < 4.78 is 0.808. The van der Waals surface area contributed by atoms with E-state index in [2.05, 4.69) is 34.2 Å². The molecule has 1 aliphatic rings. The Hall–Kier alpha value is -1.66. The molecular formula is C17H19N3OS2. The number of benzene rings is 1. The zero-order chi connectivity index (χ0) is 16.1. The standard InChI is InChI=1S/C17H19N3OS2/c1-2-9-18-16-19-20-17(23-16)22-11-15(21)14-8-7-12-5-3-4-6-13(12)10-14/h2,7-8,10H,1,3-6,9,11H2,(H,18,19). The summed E-state index contributed by atoms with van der Waals surface area (Å²) in [6.45, 7) is 4.31. The zero-order valence-electron chi connectivity index (χ0n) is 12.9. The molecule has 0 bridgehead atoms. The lowest BCUT2D eigenvalue weighted by molar-refractivity contribution is 0.102. The number of thioether (sulfide) groups is 1. The first-order valence-corrected chi connectivity index (χ1v) is 9.52. The highest BCUT2D eigenvalue weighted by atomic mass is 32.2. The lowest BCUT2D eigenvalue weighted by Crippen LogP contribution is -2.07. The highest BCUT2D eigenvalue weighted by molar-refractivity contribution is 8.01. The third-order valence-corrected chi connectivity index (χ3v) is 5.82. The van der Waals surface area contributed by atoms with Gasteiger partial charge in [0, 0.05) is 12.1 Å². The molecule has 0 atom stereocenters. The van der Waals surface area contributed by atoms with Gasteiger partial charge in [-0.3, -0.25) is 4.79 Å². The van der Waals surface area contributed by atoms with Crippen LogP contribution in [0.5, 0.6) is 0 Å². The first kappa shape index (κ1) is 16.2. The minimum atomic E-state index is 0.152. The van der Waals surface area contributed by atoms with Crippen molar-refractivity contribution in [1.82, 2.24) is 10.2 Å². The van der Waals surface area contributed by atoms with Gasteiger partial charge in [-0.1, -0.05) is 41.3 Å².